The summed E-state index contributed by atoms with van der Waals surface area (Å²) in [7, 11) is 0. The first-order valence-electron chi connectivity index (χ1n) is 4.67. The van der Waals surface area contributed by atoms with Crippen LogP contribution in [0.25, 0.3) is 0 Å². The van der Waals surface area contributed by atoms with Gasteiger partial charge in [-0.3, -0.25) is 10.1 Å². The van der Waals surface area contributed by atoms with Crippen LogP contribution in [0, 0.1) is 5.92 Å². The Balaban J connectivity index is 2.46. The van der Waals surface area contributed by atoms with Crippen molar-refractivity contribution < 1.29 is 15.0 Å². The van der Waals surface area contributed by atoms with Crippen molar-refractivity contribution in [1.82, 2.24) is 5.32 Å². The quantitative estimate of drug-likeness (QED) is 0.590. The van der Waals surface area contributed by atoms with Gasteiger partial charge in [0.25, 0.3) is 0 Å². The number of aliphatic hydroxyl groups is 1. The Bertz CT molecular complexity index is 193. The van der Waals surface area contributed by atoms with E-state index in [1.807, 2.05) is 0 Å². The van der Waals surface area contributed by atoms with Crippen molar-refractivity contribution in [3.8, 4) is 0 Å². The van der Waals surface area contributed by atoms with Crippen LogP contribution in [0.15, 0.2) is 0 Å². The van der Waals surface area contributed by atoms with Gasteiger partial charge >= 0.3 is 5.97 Å². The van der Waals surface area contributed by atoms with Crippen molar-refractivity contribution in [3.05, 3.63) is 0 Å². The molecule has 3 atom stereocenters. The van der Waals surface area contributed by atoms with E-state index in [9.17, 15) is 9.90 Å². The maximum Gasteiger partial charge on any atom is 0.320 e. The fourth-order valence-electron chi connectivity index (χ4n) is 1.75. The fourth-order valence-corrected chi connectivity index (χ4v) is 1.75. The SMILES string of the molecule is CC(C)C[C@H]1NC(C(=O)O)CC1O. The molecule has 0 bridgehead atoms. The average Bonchev–Trinajstić information content (AvgIpc) is 2.31. The van der Waals surface area contributed by atoms with Gasteiger partial charge in [-0.05, 0) is 12.3 Å². The van der Waals surface area contributed by atoms with E-state index < -0.39 is 18.1 Å². The Hall–Kier alpha value is -0.610. The number of carboxylic acids is 1. The van der Waals surface area contributed by atoms with E-state index in [4.69, 9.17) is 5.11 Å². The zero-order valence-electron chi connectivity index (χ0n) is 8.03. The maximum atomic E-state index is 10.6. The van der Waals surface area contributed by atoms with Gasteiger partial charge in [-0.25, -0.2) is 0 Å². The molecule has 1 rings (SSSR count). The van der Waals surface area contributed by atoms with Gasteiger partial charge in [0.1, 0.15) is 6.04 Å². The highest BCUT2D eigenvalue weighted by Gasteiger charge is 2.35. The number of nitrogens with one attached hydrogen (secondary N) is 1. The molecule has 4 nitrogen and oxygen atoms in total. The Labute approximate surface area is 78.0 Å². The van der Waals surface area contributed by atoms with Crippen LogP contribution in [0.1, 0.15) is 26.7 Å². The number of aliphatic hydroxyl groups excluding tert-OH is 1. The third kappa shape index (κ3) is 2.67. The lowest BCUT2D eigenvalue weighted by atomic mass is 10.0. The molecule has 1 aliphatic heterocycles. The molecule has 0 aromatic rings. The van der Waals surface area contributed by atoms with Crippen LogP contribution >= 0.6 is 0 Å². The fraction of sp³-hybridized carbons (Fsp3) is 0.889. The highest BCUT2D eigenvalue weighted by molar-refractivity contribution is 5.74. The normalized spacial score (nSPS) is 34.0. The monoisotopic (exact) mass is 187 g/mol. The van der Waals surface area contributed by atoms with Crippen LogP contribution in [0.2, 0.25) is 0 Å². The molecule has 4 heteroatoms. The molecule has 0 aliphatic carbocycles. The van der Waals surface area contributed by atoms with E-state index in [0.29, 0.717) is 12.3 Å². The van der Waals surface area contributed by atoms with Crippen molar-refractivity contribution in [2.24, 2.45) is 5.92 Å². The number of hydrogen-bond donors (Lipinski definition) is 3. The predicted octanol–water partition coefficient (Wildman–Crippen LogP) is 0.208. The molecular formula is C9H17NO3. The van der Waals surface area contributed by atoms with E-state index in [-0.39, 0.29) is 6.04 Å². The van der Waals surface area contributed by atoms with Crippen molar-refractivity contribution >= 4 is 5.97 Å². The standard InChI is InChI=1S/C9H17NO3/c1-5(2)3-6-8(11)4-7(10-6)9(12)13/h5-8,10-11H,3-4H2,1-2H3,(H,12,13)/t6-,7?,8?/m1/s1. The number of carboxylic acid groups (broad SMARTS) is 1. The van der Waals surface area contributed by atoms with E-state index >= 15 is 0 Å². The van der Waals surface area contributed by atoms with Gasteiger partial charge in [0.2, 0.25) is 0 Å². The van der Waals surface area contributed by atoms with Crippen LogP contribution in [-0.2, 0) is 4.79 Å². The van der Waals surface area contributed by atoms with Gasteiger partial charge in [0.15, 0.2) is 0 Å². The Kier molecular flexibility index (Phi) is 3.27. The zero-order valence-corrected chi connectivity index (χ0v) is 8.03. The highest BCUT2D eigenvalue weighted by Crippen LogP contribution is 2.19. The molecule has 1 aliphatic rings. The van der Waals surface area contributed by atoms with Crippen LogP contribution in [0.3, 0.4) is 0 Å². The molecule has 0 amide bonds. The first-order chi connectivity index (χ1) is 6.00. The van der Waals surface area contributed by atoms with Crippen molar-refractivity contribution in [2.45, 2.75) is 44.9 Å². The number of hydrogen-bond acceptors (Lipinski definition) is 3. The smallest absolute Gasteiger partial charge is 0.320 e. The van der Waals surface area contributed by atoms with Gasteiger partial charge in [0, 0.05) is 12.5 Å². The summed E-state index contributed by atoms with van der Waals surface area (Å²) < 4.78 is 0. The molecule has 1 fully saturated rings. The zero-order chi connectivity index (χ0) is 10.0. The van der Waals surface area contributed by atoms with Crippen LogP contribution in [-0.4, -0.2) is 34.4 Å². The minimum absolute atomic E-state index is 0.0545. The van der Waals surface area contributed by atoms with Gasteiger partial charge < -0.3 is 10.2 Å². The summed E-state index contributed by atoms with van der Waals surface area (Å²) in [5, 5.41) is 21.2. The Morgan fingerprint density at radius 1 is 1.62 bits per heavy atom. The topological polar surface area (TPSA) is 69.6 Å². The summed E-state index contributed by atoms with van der Waals surface area (Å²) in [5.41, 5.74) is 0. The summed E-state index contributed by atoms with van der Waals surface area (Å²) in [6.45, 7) is 4.12. The first kappa shape index (κ1) is 10.5. The van der Waals surface area contributed by atoms with Crippen molar-refractivity contribution in [1.29, 1.82) is 0 Å². The summed E-state index contributed by atoms with van der Waals surface area (Å²) >= 11 is 0. The minimum atomic E-state index is -0.870. The molecule has 1 heterocycles. The van der Waals surface area contributed by atoms with Crippen LogP contribution in [0.4, 0.5) is 0 Å². The number of carbonyl (C=O) groups is 1. The van der Waals surface area contributed by atoms with Gasteiger partial charge in [-0.2, -0.15) is 0 Å². The Morgan fingerprint density at radius 3 is 2.62 bits per heavy atom. The lowest BCUT2D eigenvalue weighted by molar-refractivity contribution is -0.139. The van der Waals surface area contributed by atoms with E-state index in [0.717, 1.165) is 6.42 Å². The lowest BCUT2D eigenvalue weighted by Gasteiger charge is -2.16. The van der Waals surface area contributed by atoms with Crippen molar-refractivity contribution in [2.75, 3.05) is 0 Å². The maximum absolute atomic E-state index is 10.6. The second-order valence-corrected chi connectivity index (χ2v) is 4.10. The molecule has 13 heavy (non-hydrogen) atoms. The van der Waals surface area contributed by atoms with Gasteiger partial charge in [-0.1, -0.05) is 13.8 Å². The molecule has 3 N–H and O–H groups in total. The molecule has 2 unspecified atom stereocenters. The lowest BCUT2D eigenvalue weighted by Crippen LogP contribution is -2.37. The van der Waals surface area contributed by atoms with Gasteiger partial charge in [0.05, 0.1) is 6.10 Å². The number of rotatable bonds is 3. The summed E-state index contributed by atoms with van der Waals surface area (Å²) in [4.78, 5) is 10.6. The summed E-state index contributed by atoms with van der Waals surface area (Å²) in [6, 6.07) is -0.625. The second-order valence-electron chi connectivity index (χ2n) is 4.10. The summed E-state index contributed by atoms with van der Waals surface area (Å²) in [5.74, 6) is -0.398. The van der Waals surface area contributed by atoms with E-state index in [2.05, 4.69) is 19.2 Å². The minimum Gasteiger partial charge on any atom is -0.480 e. The molecule has 1 saturated heterocycles. The third-order valence-corrected chi connectivity index (χ3v) is 2.38. The molecule has 76 valence electrons. The summed E-state index contributed by atoms with van der Waals surface area (Å²) in [6.07, 6.45) is 0.640. The molecule has 0 aromatic carbocycles. The molecule has 0 saturated carbocycles. The van der Waals surface area contributed by atoms with Gasteiger partial charge in [-0.15, -0.1) is 0 Å². The molecule has 0 aromatic heterocycles. The molecular weight excluding hydrogens is 170 g/mol. The molecule has 0 radical (unpaired) electrons. The highest BCUT2D eigenvalue weighted by atomic mass is 16.4. The first-order valence-corrected chi connectivity index (χ1v) is 4.67. The average molecular weight is 187 g/mol. The third-order valence-electron chi connectivity index (χ3n) is 2.38. The van der Waals surface area contributed by atoms with Crippen LogP contribution < -0.4 is 5.32 Å². The van der Waals surface area contributed by atoms with E-state index in [1.54, 1.807) is 0 Å². The predicted molar refractivity (Wildman–Crippen MR) is 48.4 cm³/mol. The number of aliphatic carboxylic acids is 1. The van der Waals surface area contributed by atoms with E-state index in [1.165, 1.54) is 0 Å². The Morgan fingerprint density at radius 2 is 2.23 bits per heavy atom. The van der Waals surface area contributed by atoms with Crippen molar-refractivity contribution in [3.63, 3.8) is 0 Å². The molecule has 0 spiro atoms. The second kappa shape index (κ2) is 4.07. The largest absolute Gasteiger partial charge is 0.480 e. The van der Waals surface area contributed by atoms with Crippen LogP contribution in [0.5, 0.6) is 0 Å².